The summed E-state index contributed by atoms with van der Waals surface area (Å²) in [5.74, 6) is 0.274. The summed E-state index contributed by atoms with van der Waals surface area (Å²) < 4.78 is 9.99. The minimum absolute atomic E-state index is 0.193. The predicted molar refractivity (Wildman–Crippen MR) is 76.2 cm³/mol. The van der Waals surface area contributed by atoms with Gasteiger partial charge in [0.1, 0.15) is 5.75 Å². The number of carbonyl (C=O) groups is 2. The lowest BCUT2D eigenvalue weighted by Gasteiger charge is -2.12. The Morgan fingerprint density at radius 2 is 1.95 bits per heavy atom. The fourth-order valence-electron chi connectivity index (χ4n) is 1.50. The Hall–Kier alpha value is -2.28. The topological polar surface area (TPSA) is 88.7 Å². The first kappa shape index (κ1) is 15.8. The second-order valence-corrected chi connectivity index (χ2v) is 3.97. The maximum atomic E-state index is 11.6. The second kappa shape index (κ2) is 8.00. The maximum absolute atomic E-state index is 11.6. The van der Waals surface area contributed by atoms with Crippen LogP contribution in [0.15, 0.2) is 18.2 Å². The summed E-state index contributed by atoms with van der Waals surface area (Å²) in [4.78, 5) is 22.6. The maximum Gasteiger partial charge on any atom is 0.319 e. The van der Waals surface area contributed by atoms with Crippen molar-refractivity contribution < 1.29 is 19.1 Å². The fraction of sp³-hybridized carbons (Fsp3) is 0.385. The molecule has 20 heavy (non-hydrogen) atoms. The molecule has 3 amide bonds. The van der Waals surface area contributed by atoms with Crippen molar-refractivity contribution in [3.05, 3.63) is 18.2 Å². The second-order valence-electron chi connectivity index (χ2n) is 3.97. The summed E-state index contributed by atoms with van der Waals surface area (Å²) in [5, 5.41) is 7.93. The summed E-state index contributed by atoms with van der Waals surface area (Å²) in [7, 11) is 3.05. The molecule has 0 aliphatic heterocycles. The van der Waals surface area contributed by atoms with E-state index in [1.807, 2.05) is 0 Å². The highest BCUT2D eigenvalue weighted by atomic mass is 16.5. The first-order valence-electron chi connectivity index (χ1n) is 6.06. The molecule has 0 heterocycles. The minimum Gasteiger partial charge on any atom is -0.494 e. The van der Waals surface area contributed by atoms with Crippen LogP contribution >= 0.6 is 0 Å². The van der Waals surface area contributed by atoms with E-state index >= 15 is 0 Å². The van der Waals surface area contributed by atoms with Crippen LogP contribution in [0, 0.1) is 0 Å². The van der Waals surface area contributed by atoms with E-state index in [1.54, 1.807) is 25.3 Å². The Bertz CT molecular complexity index is 477. The number of urea groups is 1. The highest BCUT2D eigenvalue weighted by molar-refractivity contribution is 5.93. The van der Waals surface area contributed by atoms with Gasteiger partial charge in [0.05, 0.1) is 19.4 Å². The predicted octanol–water partition coefficient (Wildman–Crippen LogP) is 1.42. The lowest BCUT2D eigenvalue weighted by Crippen LogP contribution is -2.31. The van der Waals surface area contributed by atoms with Gasteiger partial charge in [-0.25, -0.2) is 4.79 Å². The Morgan fingerprint density at radius 1 is 1.20 bits per heavy atom. The summed E-state index contributed by atoms with van der Waals surface area (Å²) in [6.07, 6.45) is 0. The molecule has 0 saturated heterocycles. The van der Waals surface area contributed by atoms with Crippen molar-refractivity contribution in [2.24, 2.45) is 0 Å². The SMILES string of the molecule is COCCNC(=O)Nc1ccc(NC(C)=O)c(OC)c1. The number of nitrogens with one attached hydrogen (secondary N) is 3. The Labute approximate surface area is 117 Å². The van der Waals surface area contributed by atoms with Gasteiger partial charge in [0, 0.05) is 32.3 Å². The molecule has 0 unspecified atom stereocenters. The van der Waals surface area contributed by atoms with Gasteiger partial charge in [-0.15, -0.1) is 0 Å². The van der Waals surface area contributed by atoms with Gasteiger partial charge in [0.15, 0.2) is 0 Å². The third kappa shape index (κ3) is 5.15. The quantitative estimate of drug-likeness (QED) is 0.688. The molecule has 7 nitrogen and oxygen atoms in total. The van der Waals surface area contributed by atoms with Gasteiger partial charge < -0.3 is 25.4 Å². The number of hydrogen-bond donors (Lipinski definition) is 3. The van der Waals surface area contributed by atoms with Crippen LogP contribution in [0.1, 0.15) is 6.92 Å². The smallest absolute Gasteiger partial charge is 0.319 e. The number of carbonyl (C=O) groups excluding carboxylic acids is 2. The van der Waals surface area contributed by atoms with E-state index in [0.29, 0.717) is 30.3 Å². The number of anilines is 2. The standard InChI is InChI=1S/C13H19N3O4/c1-9(17)15-11-5-4-10(8-12(11)20-3)16-13(18)14-6-7-19-2/h4-5,8H,6-7H2,1-3H3,(H,15,17)(H2,14,16,18). The molecule has 1 aromatic rings. The Morgan fingerprint density at radius 3 is 2.55 bits per heavy atom. The molecule has 110 valence electrons. The van der Waals surface area contributed by atoms with E-state index < -0.39 is 0 Å². The highest BCUT2D eigenvalue weighted by Crippen LogP contribution is 2.27. The zero-order chi connectivity index (χ0) is 15.0. The van der Waals surface area contributed by atoms with Crippen LogP contribution in [0.2, 0.25) is 0 Å². The van der Waals surface area contributed by atoms with E-state index in [1.165, 1.54) is 14.0 Å². The summed E-state index contributed by atoms with van der Waals surface area (Å²) in [6, 6.07) is 4.62. The van der Waals surface area contributed by atoms with Crippen LogP contribution in [-0.4, -0.2) is 39.3 Å². The fourth-order valence-corrected chi connectivity index (χ4v) is 1.50. The lowest BCUT2D eigenvalue weighted by molar-refractivity contribution is -0.114. The zero-order valence-corrected chi connectivity index (χ0v) is 11.8. The average Bonchev–Trinajstić information content (AvgIpc) is 2.40. The van der Waals surface area contributed by atoms with Crippen molar-refractivity contribution in [3.8, 4) is 5.75 Å². The molecule has 7 heteroatoms. The van der Waals surface area contributed by atoms with Gasteiger partial charge in [0.2, 0.25) is 5.91 Å². The van der Waals surface area contributed by atoms with Crippen molar-refractivity contribution in [2.75, 3.05) is 38.0 Å². The van der Waals surface area contributed by atoms with Crippen molar-refractivity contribution in [1.82, 2.24) is 5.32 Å². The van der Waals surface area contributed by atoms with Gasteiger partial charge in [0.25, 0.3) is 0 Å². The normalized spacial score (nSPS) is 9.75. The molecular formula is C13H19N3O4. The molecule has 0 saturated carbocycles. The Kier molecular flexibility index (Phi) is 6.31. The van der Waals surface area contributed by atoms with E-state index in [-0.39, 0.29) is 11.9 Å². The first-order valence-corrected chi connectivity index (χ1v) is 6.06. The van der Waals surface area contributed by atoms with Crippen molar-refractivity contribution in [3.63, 3.8) is 0 Å². The van der Waals surface area contributed by atoms with Crippen LogP contribution in [0.3, 0.4) is 0 Å². The molecule has 0 fully saturated rings. The molecule has 1 aromatic carbocycles. The summed E-state index contributed by atoms with van der Waals surface area (Å²) >= 11 is 0. The number of ether oxygens (including phenoxy) is 2. The molecule has 0 aromatic heterocycles. The molecule has 0 radical (unpaired) electrons. The van der Waals surface area contributed by atoms with Crippen molar-refractivity contribution in [2.45, 2.75) is 6.92 Å². The summed E-state index contributed by atoms with van der Waals surface area (Å²) in [6.45, 7) is 2.27. The molecular weight excluding hydrogens is 262 g/mol. The monoisotopic (exact) mass is 281 g/mol. The molecule has 0 spiro atoms. The largest absolute Gasteiger partial charge is 0.494 e. The molecule has 0 aliphatic carbocycles. The molecule has 0 aliphatic rings. The first-order chi connectivity index (χ1) is 9.56. The average molecular weight is 281 g/mol. The van der Waals surface area contributed by atoms with E-state index in [2.05, 4.69) is 16.0 Å². The van der Waals surface area contributed by atoms with Gasteiger partial charge in [-0.2, -0.15) is 0 Å². The van der Waals surface area contributed by atoms with Crippen LogP contribution in [0.25, 0.3) is 0 Å². The van der Waals surface area contributed by atoms with Crippen LogP contribution in [0.4, 0.5) is 16.2 Å². The van der Waals surface area contributed by atoms with Crippen molar-refractivity contribution >= 4 is 23.3 Å². The van der Waals surface area contributed by atoms with E-state index in [0.717, 1.165) is 0 Å². The lowest BCUT2D eigenvalue weighted by atomic mass is 10.2. The molecule has 3 N–H and O–H groups in total. The number of hydrogen-bond acceptors (Lipinski definition) is 4. The van der Waals surface area contributed by atoms with Gasteiger partial charge >= 0.3 is 6.03 Å². The molecule has 1 rings (SSSR count). The number of methoxy groups -OCH3 is 2. The number of amides is 3. The molecule has 0 atom stereocenters. The van der Waals surface area contributed by atoms with Gasteiger partial charge in [-0.05, 0) is 12.1 Å². The van der Waals surface area contributed by atoms with Crippen molar-refractivity contribution in [1.29, 1.82) is 0 Å². The molecule has 0 bridgehead atoms. The zero-order valence-electron chi connectivity index (χ0n) is 11.8. The van der Waals surface area contributed by atoms with Crippen LogP contribution in [0.5, 0.6) is 5.75 Å². The highest BCUT2D eigenvalue weighted by Gasteiger charge is 2.07. The Balaban J connectivity index is 2.67. The van der Waals surface area contributed by atoms with E-state index in [9.17, 15) is 9.59 Å². The van der Waals surface area contributed by atoms with Crippen LogP contribution < -0.4 is 20.7 Å². The van der Waals surface area contributed by atoms with Crippen LogP contribution in [-0.2, 0) is 9.53 Å². The third-order valence-electron chi connectivity index (χ3n) is 2.36. The number of rotatable bonds is 6. The van der Waals surface area contributed by atoms with E-state index in [4.69, 9.17) is 9.47 Å². The van der Waals surface area contributed by atoms with Gasteiger partial charge in [-0.3, -0.25) is 4.79 Å². The van der Waals surface area contributed by atoms with Gasteiger partial charge in [-0.1, -0.05) is 0 Å². The minimum atomic E-state index is -0.337. The number of benzene rings is 1. The third-order valence-corrected chi connectivity index (χ3v) is 2.36. The summed E-state index contributed by atoms with van der Waals surface area (Å²) in [5.41, 5.74) is 1.11.